The molecule has 1 atom stereocenters. The zero-order valence-electron chi connectivity index (χ0n) is 10.2. The highest BCUT2D eigenvalue weighted by Crippen LogP contribution is 2.37. The van der Waals surface area contributed by atoms with E-state index in [-0.39, 0.29) is 11.7 Å². The summed E-state index contributed by atoms with van der Waals surface area (Å²) in [5.41, 5.74) is -1.29. The van der Waals surface area contributed by atoms with E-state index < -0.39 is 23.3 Å². The number of hydrogen-bond donors (Lipinski definition) is 2. The SMILES string of the molecule is C=CCSC(C)C1(CC=C)C(=O)NC(=O)NC1=O. The highest BCUT2D eigenvalue weighted by Gasteiger charge is 2.53. The van der Waals surface area contributed by atoms with Crippen molar-refractivity contribution >= 4 is 29.6 Å². The van der Waals surface area contributed by atoms with Gasteiger partial charge in [0.05, 0.1) is 0 Å². The molecule has 0 aromatic heterocycles. The van der Waals surface area contributed by atoms with Crippen LogP contribution in [0.2, 0.25) is 0 Å². The van der Waals surface area contributed by atoms with Crippen LogP contribution in [0.3, 0.4) is 0 Å². The van der Waals surface area contributed by atoms with E-state index in [2.05, 4.69) is 23.8 Å². The van der Waals surface area contributed by atoms with Gasteiger partial charge in [0.1, 0.15) is 5.41 Å². The molecule has 1 rings (SSSR count). The molecule has 1 aliphatic rings. The topological polar surface area (TPSA) is 75.3 Å². The number of urea groups is 1. The third-order valence-electron chi connectivity index (χ3n) is 2.89. The number of allylic oxidation sites excluding steroid dienone is 1. The van der Waals surface area contributed by atoms with E-state index in [4.69, 9.17) is 0 Å². The first-order chi connectivity index (χ1) is 8.48. The summed E-state index contributed by atoms with van der Waals surface area (Å²) in [6.45, 7) is 8.96. The zero-order valence-corrected chi connectivity index (χ0v) is 11.0. The second-order valence-electron chi connectivity index (χ2n) is 3.97. The Bertz CT molecular complexity index is 386. The minimum absolute atomic E-state index is 0.184. The normalized spacial score (nSPS) is 19.7. The summed E-state index contributed by atoms with van der Waals surface area (Å²) in [6.07, 6.45) is 3.40. The molecule has 4 amide bonds. The Balaban J connectivity index is 3.07. The van der Waals surface area contributed by atoms with Gasteiger partial charge in [-0.15, -0.1) is 13.2 Å². The molecule has 6 heteroatoms. The molecule has 0 saturated carbocycles. The van der Waals surface area contributed by atoms with Crippen LogP contribution in [0.5, 0.6) is 0 Å². The summed E-state index contributed by atoms with van der Waals surface area (Å²) >= 11 is 1.43. The Hall–Kier alpha value is -1.56. The molecule has 0 aromatic carbocycles. The van der Waals surface area contributed by atoms with Crippen molar-refractivity contribution in [1.29, 1.82) is 0 Å². The van der Waals surface area contributed by atoms with Crippen LogP contribution in [0.15, 0.2) is 25.3 Å². The summed E-state index contributed by atoms with van der Waals surface area (Å²) in [7, 11) is 0. The van der Waals surface area contributed by atoms with Gasteiger partial charge in [0.25, 0.3) is 0 Å². The molecular formula is C12H16N2O3S. The predicted molar refractivity (Wildman–Crippen MR) is 71.0 cm³/mol. The minimum Gasteiger partial charge on any atom is -0.277 e. The fourth-order valence-corrected chi connectivity index (χ4v) is 2.89. The number of barbiturate groups is 1. The number of rotatable bonds is 6. The van der Waals surface area contributed by atoms with Gasteiger partial charge < -0.3 is 0 Å². The Kier molecular flexibility index (Phi) is 4.72. The highest BCUT2D eigenvalue weighted by atomic mass is 32.2. The van der Waals surface area contributed by atoms with E-state index in [9.17, 15) is 14.4 Å². The highest BCUT2D eigenvalue weighted by molar-refractivity contribution is 8.00. The van der Waals surface area contributed by atoms with Gasteiger partial charge in [-0.1, -0.05) is 19.1 Å². The average molecular weight is 268 g/mol. The van der Waals surface area contributed by atoms with Crippen LogP contribution in [0.25, 0.3) is 0 Å². The Morgan fingerprint density at radius 3 is 2.22 bits per heavy atom. The first-order valence-electron chi connectivity index (χ1n) is 5.49. The number of imide groups is 2. The van der Waals surface area contributed by atoms with Crippen molar-refractivity contribution in [3.05, 3.63) is 25.3 Å². The monoisotopic (exact) mass is 268 g/mol. The molecule has 1 fully saturated rings. The molecule has 5 nitrogen and oxygen atoms in total. The van der Waals surface area contributed by atoms with E-state index in [0.29, 0.717) is 5.75 Å². The van der Waals surface area contributed by atoms with E-state index in [1.807, 2.05) is 0 Å². The summed E-state index contributed by atoms with van der Waals surface area (Å²) in [4.78, 5) is 35.2. The van der Waals surface area contributed by atoms with Gasteiger partial charge in [-0.05, 0) is 6.42 Å². The molecule has 1 heterocycles. The van der Waals surface area contributed by atoms with E-state index in [1.165, 1.54) is 17.8 Å². The molecule has 98 valence electrons. The van der Waals surface area contributed by atoms with Gasteiger partial charge in [-0.2, -0.15) is 11.8 Å². The summed E-state index contributed by atoms with van der Waals surface area (Å²) in [5, 5.41) is 4.00. The zero-order chi connectivity index (χ0) is 13.8. The van der Waals surface area contributed by atoms with Crippen LogP contribution in [0.4, 0.5) is 4.79 Å². The second-order valence-corrected chi connectivity index (χ2v) is 5.34. The molecule has 1 aliphatic heterocycles. The van der Waals surface area contributed by atoms with Crippen molar-refractivity contribution in [3.63, 3.8) is 0 Å². The van der Waals surface area contributed by atoms with Gasteiger partial charge in [-0.3, -0.25) is 20.2 Å². The lowest BCUT2D eigenvalue weighted by atomic mass is 9.78. The van der Waals surface area contributed by atoms with Crippen LogP contribution in [0, 0.1) is 5.41 Å². The first-order valence-corrected chi connectivity index (χ1v) is 6.54. The lowest BCUT2D eigenvalue weighted by molar-refractivity contribution is -0.143. The number of amides is 4. The molecule has 1 saturated heterocycles. The minimum atomic E-state index is -1.29. The van der Waals surface area contributed by atoms with E-state index >= 15 is 0 Å². The predicted octanol–water partition coefficient (Wildman–Crippen LogP) is 1.22. The molecule has 0 aromatic rings. The number of carbonyl (C=O) groups is 3. The Morgan fingerprint density at radius 2 is 1.78 bits per heavy atom. The molecule has 2 N–H and O–H groups in total. The van der Waals surface area contributed by atoms with E-state index in [0.717, 1.165) is 0 Å². The van der Waals surface area contributed by atoms with Crippen LogP contribution < -0.4 is 10.6 Å². The smallest absolute Gasteiger partial charge is 0.277 e. The second kappa shape index (κ2) is 5.86. The van der Waals surface area contributed by atoms with Crippen LogP contribution in [-0.2, 0) is 9.59 Å². The molecule has 0 spiro atoms. The van der Waals surface area contributed by atoms with Crippen molar-refractivity contribution in [2.45, 2.75) is 18.6 Å². The van der Waals surface area contributed by atoms with Crippen LogP contribution >= 0.6 is 11.8 Å². The van der Waals surface area contributed by atoms with Gasteiger partial charge >= 0.3 is 6.03 Å². The first kappa shape index (κ1) is 14.5. The molecule has 0 aliphatic carbocycles. The molecule has 1 unspecified atom stereocenters. The Labute approximate surface area is 110 Å². The lowest BCUT2D eigenvalue weighted by Crippen LogP contribution is -2.65. The summed E-state index contributed by atoms with van der Waals surface area (Å²) in [6, 6.07) is -0.773. The number of hydrogen-bond acceptors (Lipinski definition) is 4. The molecule has 0 radical (unpaired) electrons. The average Bonchev–Trinajstić information content (AvgIpc) is 2.30. The van der Waals surface area contributed by atoms with E-state index in [1.54, 1.807) is 13.0 Å². The number of nitrogens with one attached hydrogen (secondary N) is 2. The quantitative estimate of drug-likeness (QED) is 0.561. The largest absolute Gasteiger partial charge is 0.328 e. The maximum absolute atomic E-state index is 12.1. The fraction of sp³-hybridized carbons (Fsp3) is 0.417. The van der Waals surface area contributed by atoms with Crippen molar-refractivity contribution in [2.75, 3.05) is 5.75 Å². The van der Waals surface area contributed by atoms with Gasteiger partial charge in [0.2, 0.25) is 11.8 Å². The third-order valence-corrected chi connectivity index (χ3v) is 4.22. The fourth-order valence-electron chi connectivity index (χ4n) is 1.87. The molecule has 0 bridgehead atoms. The van der Waals surface area contributed by atoms with Gasteiger partial charge in [0, 0.05) is 11.0 Å². The van der Waals surface area contributed by atoms with Crippen molar-refractivity contribution in [1.82, 2.24) is 10.6 Å². The summed E-state index contributed by atoms with van der Waals surface area (Å²) in [5.74, 6) is -0.519. The van der Waals surface area contributed by atoms with Crippen LogP contribution in [-0.4, -0.2) is 28.8 Å². The van der Waals surface area contributed by atoms with Gasteiger partial charge in [-0.25, -0.2) is 4.79 Å². The van der Waals surface area contributed by atoms with Gasteiger partial charge in [0.15, 0.2) is 0 Å². The van der Waals surface area contributed by atoms with Crippen molar-refractivity contribution in [3.8, 4) is 0 Å². The van der Waals surface area contributed by atoms with Crippen molar-refractivity contribution < 1.29 is 14.4 Å². The maximum atomic E-state index is 12.1. The number of thioether (sulfide) groups is 1. The Morgan fingerprint density at radius 1 is 1.22 bits per heavy atom. The van der Waals surface area contributed by atoms with Crippen LogP contribution in [0.1, 0.15) is 13.3 Å². The number of carbonyl (C=O) groups excluding carboxylic acids is 3. The summed E-state index contributed by atoms with van der Waals surface area (Å²) < 4.78 is 0. The molecule has 18 heavy (non-hydrogen) atoms. The standard InChI is InChI=1S/C12H16N2O3S/c1-4-6-12(8(3)18-7-5-2)9(15)13-11(17)14-10(12)16/h4-5,8H,1-2,6-7H2,3H3,(H2,13,14,15,16,17). The lowest BCUT2D eigenvalue weighted by Gasteiger charge is -2.37. The third kappa shape index (κ3) is 2.48. The van der Waals surface area contributed by atoms with Crippen molar-refractivity contribution in [2.24, 2.45) is 5.41 Å². The molecular weight excluding hydrogens is 252 g/mol. The maximum Gasteiger partial charge on any atom is 0.328 e.